The van der Waals surface area contributed by atoms with Crippen molar-refractivity contribution in [3.63, 3.8) is 0 Å². The second-order valence-corrected chi connectivity index (χ2v) is 20.7. The molecule has 1 unspecified atom stereocenters. The van der Waals surface area contributed by atoms with Crippen molar-refractivity contribution in [1.29, 1.82) is 0 Å². The van der Waals surface area contributed by atoms with E-state index in [4.69, 9.17) is 15.0 Å². The third kappa shape index (κ3) is 5.29. The summed E-state index contributed by atoms with van der Waals surface area (Å²) in [6.07, 6.45) is 0. The highest BCUT2D eigenvalue weighted by Crippen LogP contribution is 2.45. The van der Waals surface area contributed by atoms with Crippen molar-refractivity contribution in [2.45, 2.75) is 13.1 Å². The summed E-state index contributed by atoms with van der Waals surface area (Å²) < 4.78 is 15.6. The van der Waals surface area contributed by atoms with Gasteiger partial charge in [0.25, 0.3) is 0 Å². The summed E-state index contributed by atoms with van der Waals surface area (Å²) in [5, 5.41) is 7.59. The zero-order valence-electron chi connectivity index (χ0n) is 28.4. The molecule has 0 saturated heterocycles. The molecule has 0 bridgehead atoms. The van der Waals surface area contributed by atoms with Crippen molar-refractivity contribution in [2.75, 3.05) is 0 Å². The Labute approximate surface area is 299 Å². The second-order valence-electron chi connectivity index (χ2n) is 13.6. The van der Waals surface area contributed by atoms with Crippen LogP contribution in [0.2, 0.25) is 13.1 Å². The van der Waals surface area contributed by atoms with E-state index in [1.807, 2.05) is 97.1 Å². The molecule has 0 fully saturated rings. The Morgan fingerprint density at radius 3 is 1.49 bits per heavy atom. The fraction of sp³-hybridized carbons (Fsp3) is 0.0444. The molecule has 0 spiro atoms. The van der Waals surface area contributed by atoms with Gasteiger partial charge in [0.15, 0.2) is 24.6 Å². The van der Waals surface area contributed by atoms with E-state index in [2.05, 4.69) is 85.9 Å². The molecular weight excluding hydrogens is 658 g/mol. The summed E-state index contributed by atoms with van der Waals surface area (Å²) in [4.78, 5) is 14.7. The number of aromatic nitrogens is 3. The van der Waals surface area contributed by atoms with Crippen LogP contribution in [-0.4, -0.2) is 23.0 Å². The maximum absolute atomic E-state index is 15.6. The number of rotatable bonds is 5. The van der Waals surface area contributed by atoms with E-state index < -0.39 is 15.2 Å². The standard InChI is InChI=1S/C45H34N3OPSi/c1-51(2)41-21-13-12-20-39(41)50(49,38-18-10-5-11-19-38)40-30-36(26-27-42(40)51)34-22-23-35-29-37(25-24-33(35)28-34)45-47-43(31-14-6-3-7-15-31)46-44(48-45)32-16-8-4-9-17-32/h3-30H,1-2H3. The van der Waals surface area contributed by atoms with E-state index in [1.54, 1.807) is 0 Å². The maximum Gasteiger partial charge on any atom is 0.170 e. The zero-order chi connectivity index (χ0) is 34.6. The first-order chi connectivity index (χ1) is 24.9. The molecule has 51 heavy (non-hydrogen) atoms. The van der Waals surface area contributed by atoms with Gasteiger partial charge < -0.3 is 4.57 Å². The van der Waals surface area contributed by atoms with Gasteiger partial charge in [0.2, 0.25) is 0 Å². The summed E-state index contributed by atoms with van der Waals surface area (Å²) >= 11 is 0. The summed E-state index contributed by atoms with van der Waals surface area (Å²) in [5.41, 5.74) is 4.97. The lowest BCUT2D eigenvalue weighted by atomic mass is 10.00. The molecule has 4 nitrogen and oxygen atoms in total. The van der Waals surface area contributed by atoms with Gasteiger partial charge in [-0.3, -0.25) is 0 Å². The molecule has 1 aliphatic rings. The van der Waals surface area contributed by atoms with Gasteiger partial charge in [0.05, 0.1) is 0 Å². The van der Waals surface area contributed by atoms with Gasteiger partial charge in [-0.2, -0.15) is 0 Å². The maximum atomic E-state index is 15.6. The molecule has 0 saturated carbocycles. The van der Waals surface area contributed by atoms with Gasteiger partial charge in [0.1, 0.15) is 8.07 Å². The van der Waals surface area contributed by atoms with E-state index in [-0.39, 0.29) is 0 Å². The summed E-state index contributed by atoms with van der Waals surface area (Å²) in [5.74, 6) is 1.92. The molecule has 1 atom stereocenters. The van der Waals surface area contributed by atoms with Crippen molar-refractivity contribution in [3.8, 4) is 45.3 Å². The number of hydrogen-bond donors (Lipinski definition) is 0. The number of nitrogens with zero attached hydrogens (tertiary/aromatic N) is 3. The lowest BCUT2D eigenvalue weighted by Gasteiger charge is -2.38. The largest absolute Gasteiger partial charge is 0.309 e. The average Bonchev–Trinajstić information content (AvgIpc) is 3.20. The van der Waals surface area contributed by atoms with Gasteiger partial charge in [-0.1, -0.05) is 165 Å². The minimum atomic E-state index is -3.10. The van der Waals surface area contributed by atoms with Crippen LogP contribution >= 0.6 is 7.14 Å². The predicted octanol–water partition coefficient (Wildman–Crippen LogP) is 8.47. The highest BCUT2D eigenvalue weighted by molar-refractivity contribution is 7.86. The fourth-order valence-electron chi connectivity index (χ4n) is 7.47. The lowest BCUT2D eigenvalue weighted by Crippen LogP contribution is -2.67. The van der Waals surface area contributed by atoms with Crippen LogP contribution in [0.4, 0.5) is 0 Å². The molecular formula is C45H34N3OPSi. The predicted molar refractivity (Wildman–Crippen MR) is 215 cm³/mol. The molecule has 0 radical (unpaired) electrons. The van der Waals surface area contributed by atoms with Gasteiger partial charge >= 0.3 is 0 Å². The molecule has 9 rings (SSSR count). The van der Waals surface area contributed by atoms with E-state index in [1.165, 1.54) is 10.4 Å². The van der Waals surface area contributed by atoms with Gasteiger partial charge in [-0.05, 0) is 50.5 Å². The van der Waals surface area contributed by atoms with Gasteiger partial charge in [-0.15, -0.1) is 0 Å². The van der Waals surface area contributed by atoms with Crippen LogP contribution in [0.1, 0.15) is 0 Å². The first kappa shape index (κ1) is 31.3. The molecule has 1 aromatic heterocycles. The first-order valence-corrected chi connectivity index (χ1v) is 21.9. The fourth-order valence-corrected chi connectivity index (χ4v) is 15.7. The molecule has 1 aliphatic heterocycles. The summed E-state index contributed by atoms with van der Waals surface area (Å²) in [6, 6.07) is 58.2. The Morgan fingerprint density at radius 2 is 0.863 bits per heavy atom. The summed E-state index contributed by atoms with van der Waals surface area (Å²) in [6.45, 7) is 4.76. The average molecular weight is 692 g/mol. The molecule has 0 amide bonds. The highest BCUT2D eigenvalue weighted by Gasteiger charge is 2.45. The van der Waals surface area contributed by atoms with Crippen LogP contribution in [0.25, 0.3) is 56.1 Å². The third-order valence-corrected chi connectivity index (χ3v) is 17.3. The number of hydrogen-bond acceptors (Lipinski definition) is 4. The first-order valence-electron chi connectivity index (χ1n) is 17.2. The monoisotopic (exact) mass is 691 g/mol. The number of fused-ring (bicyclic) bond motifs is 3. The minimum Gasteiger partial charge on any atom is -0.309 e. The van der Waals surface area contributed by atoms with E-state index in [0.717, 1.165) is 54.5 Å². The van der Waals surface area contributed by atoms with Gasteiger partial charge in [0, 0.05) is 32.6 Å². The smallest absolute Gasteiger partial charge is 0.170 e. The Balaban J connectivity index is 1.14. The van der Waals surface area contributed by atoms with Crippen LogP contribution in [0, 0.1) is 0 Å². The topological polar surface area (TPSA) is 55.7 Å². The van der Waals surface area contributed by atoms with Crippen LogP contribution < -0.4 is 26.3 Å². The van der Waals surface area contributed by atoms with E-state index >= 15 is 4.57 Å². The quantitative estimate of drug-likeness (QED) is 0.134. The van der Waals surface area contributed by atoms with Crippen molar-refractivity contribution in [2.24, 2.45) is 0 Å². The molecule has 2 heterocycles. The minimum absolute atomic E-state index is 0.632. The van der Waals surface area contributed by atoms with Gasteiger partial charge in [-0.25, -0.2) is 15.0 Å². The van der Waals surface area contributed by atoms with Crippen molar-refractivity contribution in [3.05, 3.63) is 170 Å². The SMILES string of the molecule is C[Si]1(C)c2ccccc2P(=O)(c2ccccc2)c2cc(-c3ccc4cc(-c5nc(-c6ccccc6)nc(-c6ccccc6)n5)ccc4c3)ccc21. The van der Waals surface area contributed by atoms with Crippen LogP contribution in [0.3, 0.4) is 0 Å². The van der Waals surface area contributed by atoms with Crippen LogP contribution in [-0.2, 0) is 4.57 Å². The summed E-state index contributed by atoms with van der Waals surface area (Å²) in [7, 11) is -5.20. The van der Waals surface area contributed by atoms with Crippen molar-refractivity contribution < 1.29 is 4.57 Å². The van der Waals surface area contributed by atoms with Crippen molar-refractivity contribution in [1.82, 2.24) is 15.0 Å². The zero-order valence-corrected chi connectivity index (χ0v) is 30.3. The molecule has 7 aromatic carbocycles. The third-order valence-electron chi connectivity index (χ3n) is 10.2. The Kier molecular flexibility index (Phi) is 7.50. The normalized spacial score (nSPS) is 16.0. The Morgan fingerprint density at radius 1 is 0.412 bits per heavy atom. The lowest BCUT2D eigenvalue weighted by molar-refractivity contribution is 0.592. The Bertz CT molecular complexity index is 2590. The highest BCUT2D eigenvalue weighted by atomic mass is 31.2. The second kappa shape index (κ2) is 12.2. The molecule has 8 aromatic rings. The molecule has 0 N–H and O–H groups in total. The van der Waals surface area contributed by atoms with E-state index in [0.29, 0.717) is 17.5 Å². The molecule has 0 aliphatic carbocycles. The van der Waals surface area contributed by atoms with Crippen molar-refractivity contribution >= 4 is 52.3 Å². The molecule has 6 heteroatoms. The molecule has 244 valence electrons. The van der Waals surface area contributed by atoms with Crippen LogP contribution in [0.15, 0.2) is 170 Å². The number of benzene rings is 7. The van der Waals surface area contributed by atoms with Crippen LogP contribution in [0.5, 0.6) is 0 Å². The Hall–Kier alpha value is -5.74. The van der Waals surface area contributed by atoms with E-state index in [9.17, 15) is 0 Å².